The molecule has 0 atom stereocenters. The predicted octanol–water partition coefficient (Wildman–Crippen LogP) is 4.36. The van der Waals surface area contributed by atoms with E-state index in [0.717, 1.165) is 29.1 Å². The number of nitrogens with zero attached hydrogens (tertiary/aromatic N) is 2. The Morgan fingerprint density at radius 3 is 2.73 bits per heavy atom. The molecule has 1 aromatic carbocycles. The second-order valence-electron chi connectivity index (χ2n) is 4.46. The summed E-state index contributed by atoms with van der Waals surface area (Å²) in [5.41, 5.74) is 0.869. The SMILES string of the molecule is CSCCCNc1ccc(-n2ncc(Cl)c(Cl)c2=O)cc1Cl. The van der Waals surface area contributed by atoms with Crippen molar-refractivity contribution in [1.82, 2.24) is 9.78 Å². The standard InChI is InChI=1S/C14H14Cl3N3OS/c1-22-6-2-5-18-12-4-3-9(7-10(12)15)20-14(21)13(17)11(16)8-19-20/h3-4,7-8,18H,2,5-6H2,1H3. The number of anilines is 1. The lowest BCUT2D eigenvalue weighted by atomic mass is 10.2. The van der Waals surface area contributed by atoms with E-state index in [4.69, 9.17) is 34.8 Å². The van der Waals surface area contributed by atoms with Crippen molar-refractivity contribution in [3.8, 4) is 5.69 Å². The molecule has 1 aromatic heterocycles. The number of benzene rings is 1. The number of hydrogen-bond acceptors (Lipinski definition) is 4. The van der Waals surface area contributed by atoms with E-state index in [9.17, 15) is 4.79 Å². The smallest absolute Gasteiger partial charge is 0.291 e. The first-order chi connectivity index (χ1) is 10.5. The number of thioether (sulfide) groups is 1. The third-order valence-electron chi connectivity index (χ3n) is 2.91. The number of halogens is 3. The summed E-state index contributed by atoms with van der Waals surface area (Å²) in [6.45, 7) is 0.838. The summed E-state index contributed by atoms with van der Waals surface area (Å²) >= 11 is 19.7. The Kier molecular flexibility index (Phi) is 6.44. The molecule has 1 heterocycles. The van der Waals surface area contributed by atoms with Gasteiger partial charge < -0.3 is 5.32 Å². The van der Waals surface area contributed by atoms with E-state index in [-0.39, 0.29) is 10.0 Å². The number of aromatic nitrogens is 2. The van der Waals surface area contributed by atoms with Gasteiger partial charge in [0, 0.05) is 6.54 Å². The van der Waals surface area contributed by atoms with Crippen LogP contribution in [0.2, 0.25) is 15.1 Å². The Bertz CT molecular complexity index is 721. The molecular formula is C14H14Cl3N3OS. The van der Waals surface area contributed by atoms with E-state index in [0.29, 0.717) is 10.7 Å². The average Bonchev–Trinajstić information content (AvgIpc) is 2.51. The molecule has 0 aliphatic carbocycles. The lowest BCUT2D eigenvalue weighted by Gasteiger charge is -2.11. The first-order valence-electron chi connectivity index (χ1n) is 6.50. The van der Waals surface area contributed by atoms with Crippen LogP contribution in [0.5, 0.6) is 0 Å². The summed E-state index contributed by atoms with van der Waals surface area (Å²) in [7, 11) is 0. The minimum Gasteiger partial charge on any atom is -0.384 e. The quantitative estimate of drug-likeness (QED) is 0.759. The highest BCUT2D eigenvalue weighted by Crippen LogP contribution is 2.25. The van der Waals surface area contributed by atoms with Crippen molar-refractivity contribution in [3.63, 3.8) is 0 Å². The molecule has 0 radical (unpaired) electrons. The van der Waals surface area contributed by atoms with Gasteiger partial charge in [-0.25, -0.2) is 0 Å². The molecule has 0 aliphatic heterocycles. The Labute approximate surface area is 147 Å². The van der Waals surface area contributed by atoms with Gasteiger partial charge in [0.1, 0.15) is 5.02 Å². The monoisotopic (exact) mass is 377 g/mol. The second-order valence-corrected chi connectivity index (χ2v) is 6.64. The Morgan fingerprint density at radius 2 is 2.05 bits per heavy atom. The Hall–Kier alpha value is -0.880. The lowest BCUT2D eigenvalue weighted by Crippen LogP contribution is -2.21. The van der Waals surface area contributed by atoms with E-state index >= 15 is 0 Å². The van der Waals surface area contributed by atoms with Crippen LogP contribution in [0, 0.1) is 0 Å². The second kappa shape index (κ2) is 8.11. The summed E-state index contributed by atoms with van der Waals surface area (Å²) in [6.07, 6.45) is 4.45. The van der Waals surface area contributed by atoms with Crippen molar-refractivity contribution < 1.29 is 0 Å². The molecule has 1 N–H and O–H groups in total. The van der Waals surface area contributed by atoms with Crippen LogP contribution in [0.15, 0.2) is 29.2 Å². The fourth-order valence-electron chi connectivity index (χ4n) is 1.82. The van der Waals surface area contributed by atoms with Gasteiger partial charge in [-0.1, -0.05) is 34.8 Å². The number of rotatable bonds is 6. The summed E-state index contributed by atoms with van der Waals surface area (Å²) < 4.78 is 1.16. The van der Waals surface area contributed by atoms with Crippen molar-refractivity contribution in [2.45, 2.75) is 6.42 Å². The van der Waals surface area contributed by atoms with Gasteiger partial charge in [-0.3, -0.25) is 4.79 Å². The minimum absolute atomic E-state index is 0.0629. The minimum atomic E-state index is -0.481. The first kappa shape index (κ1) is 17.5. The zero-order valence-electron chi connectivity index (χ0n) is 11.8. The number of nitrogens with one attached hydrogen (secondary N) is 1. The summed E-state index contributed by atoms with van der Waals surface area (Å²) in [5, 5.41) is 7.81. The highest BCUT2D eigenvalue weighted by atomic mass is 35.5. The lowest BCUT2D eigenvalue weighted by molar-refractivity contribution is 0.807. The molecule has 22 heavy (non-hydrogen) atoms. The van der Waals surface area contributed by atoms with E-state index in [1.165, 1.54) is 6.20 Å². The van der Waals surface area contributed by atoms with E-state index in [1.54, 1.807) is 23.9 Å². The first-order valence-corrected chi connectivity index (χ1v) is 9.03. The maximum absolute atomic E-state index is 12.1. The van der Waals surface area contributed by atoms with Crippen LogP contribution in [0.1, 0.15) is 6.42 Å². The van der Waals surface area contributed by atoms with E-state index in [2.05, 4.69) is 16.7 Å². The van der Waals surface area contributed by atoms with E-state index < -0.39 is 5.56 Å². The van der Waals surface area contributed by atoms with Crippen LogP contribution in [0.25, 0.3) is 5.69 Å². The molecule has 8 heteroatoms. The summed E-state index contributed by atoms with van der Waals surface area (Å²) in [5.74, 6) is 1.09. The van der Waals surface area contributed by atoms with Gasteiger partial charge in [-0.15, -0.1) is 0 Å². The summed E-state index contributed by atoms with van der Waals surface area (Å²) in [6, 6.07) is 5.23. The normalized spacial score (nSPS) is 10.7. The van der Waals surface area contributed by atoms with Crippen LogP contribution in [-0.4, -0.2) is 28.3 Å². The Morgan fingerprint density at radius 1 is 1.27 bits per heavy atom. The molecule has 0 aliphatic rings. The number of hydrogen-bond donors (Lipinski definition) is 1. The van der Waals surface area contributed by atoms with Crippen LogP contribution in [0.4, 0.5) is 5.69 Å². The van der Waals surface area contributed by atoms with Crippen molar-refractivity contribution in [1.29, 1.82) is 0 Å². The molecule has 0 saturated carbocycles. The fraction of sp³-hybridized carbons (Fsp3) is 0.286. The van der Waals surface area contributed by atoms with Crippen LogP contribution >= 0.6 is 46.6 Å². The molecule has 118 valence electrons. The summed E-state index contributed by atoms with van der Waals surface area (Å²) in [4.78, 5) is 12.1. The van der Waals surface area contributed by atoms with Crippen molar-refractivity contribution in [2.75, 3.05) is 23.9 Å². The van der Waals surface area contributed by atoms with Gasteiger partial charge in [-0.05, 0) is 36.6 Å². The van der Waals surface area contributed by atoms with Crippen molar-refractivity contribution in [3.05, 3.63) is 49.8 Å². The molecule has 0 spiro atoms. The zero-order valence-corrected chi connectivity index (χ0v) is 14.9. The largest absolute Gasteiger partial charge is 0.384 e. The van der Waals surface area contributed by atoms with Crippen molar-refractivity contribution in [2.24, 2.45) is 0 Å². The highest BCUT2D eigenvalue weighted by Gasteiger charge is 2.10. The highest BCUT2D eigenvalue weighted by molar-refractivity contribution is 7.98. The fourth-order valence-corrected chi connectivity index (χ4v) is 2.74. The van der Waals surface area contributed by atoms with Gasteiger partial charge in [0.2, 0.25) is 0 Å². The third-order valence-corrected chi connectivity index (χ3v) is 4.67. The molecular weight excluding hydrogens is 365 g/mol. The van der Waals surface area contributed by atoms with Gasteiger partial charge in [0.25, 0.3) is 5.56 Å². The van der Waals surface area contributed by atoms with Crippen molar-refractivity contribution >= 4 is 52.3 Å². The molecule has 0 unspecified atom stereocenters. The topological polar surface area (TPSA) is 46.9 Å². The van der Waals surface area contributed by atoms with Gasteiger partial charge in [-0.2, -0.15) is 21.5 Å². The molecule has 4 nitrogen and oxygen atoms in total. The maximum Gasteiger partial charge on any atom is 0.291 e. The maximum atomic E-state index is 12.1. The van der Waals surface area contributed by atoms with Gasteiger partial charge in [0.15, 0.2) is 0 Å². The molecule has 2 aromatic rings. The van der Waals surface area contributed by atoms with E-state index in [1.807, 2.05) is 6.07 Å². The van der Waals surface area contributed by atoms with Crippen LogP contribution < -0.4 is 10.9 Å². The zero-order chi connectivity index (χ0) is 16.1. The molecule has 0 fully saturated rings. The van der Waals surface area contributed by atoms with Gasteiger partial charge >= 0.3 is 0 Å². The van der Waals surface area contributed by atoms with Gasteiger partial charge in [0.05, 0.1) is 27.6 Å². The molecule has 0 saturated heterocycles. The molecule has 0 amide bonds. The van der Waals surface area contributed by atoms with Crippen LogP contribution in [0.3, 0.4) is 0 Å². The van der Waals surface area contributed by atoms with Crippen LogP contribution in [-0.2, 0) is 0 Å². The third kappa shape index (κ3) is 4.10. The molecule has 2 rings (SSSR count). The Balaban J connectivity index is 2.23. The predicted molar refractivity (Wildman–Crippen MR) is 96.4 cm³/mol. The average molecular weight is 379 g/mol. The molecule has 0 bridgehead atoms.